The van der Waals surface area contributed by atoms with E-state index in [0.717, 1.165) is 50.1 Å². The molecule has 0 unspecified atom stereocenters. The van der Waals surface area contributed by atoms with E-state index in [9.17, 15) is 5.11 Å². The van der Waals surface area contributed by atoms with Crippen LogP contribution < -0.4 is 5.32 Å². The summed E-state index contributed by atoms with van der Waals surface area (Å²) >= 11 is 0. The van der Waals surface area contributed by atoms with Crippen molar-refractivity contribution >= 4 is 17.0 Å². The zero-order valence-electron chi connectivity index (χ0n) is 41.6. The van der Waals surface area contributed by atoms with Crippen molar-refractivity contribution in [2.45, 2.75) is 41.3 Å². The number of imidazole rings is 1. The highest BCUT2D eigenvalue weighted by Crippen LogP contribution is 2.48. The van der Waals surface area contributed by atoms with Crippen LogP contribution in [0, 0.1) is 0 Å². The highest BCUT2D eigenvalue weighted by Gasteiger charge is 2.53. The van der Waals surface area contributed by atoms with Crippen molar-refractivity contribution in [3.8, 4) is 0 Å². The van der Waals surface area contributed by atoms with Gasteiger partial charge in [-0.3, -0.25) is 4.57 Å². The average Bonchev–Trinajstić information content (AvgIpc) is 4.08. The highest BCUT2D eigenvalue weighted by atomic mass is 16.6. The molecule has 12 rings (SSSR count). The van der Waals surface area contributed by atoms with Crippen molar-refractivity contribution in [1.82, 2.24) is 19.5 Å². The Morgan fingerprint density at radius 1 is 0.434 bits per heavy atom. The van der Waals surface area contributed by atoms with Gasteiger partial charge in [0.1, 0.15) is 41.4 Å². The molecule has 3 heterocycles. The maximum absolute atomic E-state index is 13.3. The van der Waals surface area contributed by atoms with Crippen LogP contribution in [0.1, 0.15) is 56.3 Å². The third-order valence-electron chi connectivity index (χ3n) is 14.7. The van der Waals surface area contributed by atoms with Gasteiger partial charge in [-0.1, -0.05) is 273 Å². The van der Waals surface area contributed by atoms with Crippen molar-refractivity contribution in [2.75, 3.05) is 11.9 Å². The molecule has 9 aromatic carbocycles. The zero-order chi connectivity index (χ0) is 51.2. The number of fused-ring (bicyclic) bond motifs is 1. The van der Waals surface area contributed by atoms with Gasteiger partial charge in [-0.2, -0.15) is 0 Å². The minimum atomic E-state index is -1.29. The van der Waals surface area contributed by atoms with Crippen LogP contribution in [0.5, 0.6) is 0 Å². The lowest BCUT2D eigenvalue weighted by Crippen LogP contribution is -2.46. The first-order valence-corrected chi connectivity index (χ1v) is 25.7. The van der Waals surface area contributed by atoms with Gasteiger partial charge in [0, 0.05) is 0 Å². The van der Waals surface area contributed by atoms with Gasteiger partial charge in [0.05, 0.1) is 12.9 Å². The fourth-order valence-corrected chi connectivity index (χ4v) is 11.2. The van der Waals surface area contributed by atoms with Crippen LogP contribution in [0.2, 0.25) is 0 Å². The average molecular weight is 994 g/mol. The van der Waals surface area contributed by atoms with Crippen molar-refractivity contribution in [2.24, 2.45) is 0 Å². The molecule has 0 amide bonds. The Hall–Kier alpha value is -8.83. The summed E-state index contributed by atoms with van der Waals surface area (Å²) in [7, 11) is 0. The topological polar surface area (TPSA) is 104 Å². The summed E-state index contributed by atoms with van der Waals surface area (Å²) in [6.45, 7) is -0.00642. The number of rotatable bonds is 17. The number of aliphatic hydroxyl groups is 1. The van der Waals surface area contributed by atoms with Gasteiger partial charge < -0.3 is 24.6 Å². The molecular weight excluding hydrogens is 939 g/mol. The third-order valence-corrected chi connectivity index (χ3v) is 14.7. The Morgan fingerprint density at radius 2 is 0.776 bits per heavy atom. The predicted octanol–water partition coefficient (Wildman–Crippen LogP) is 12.9. The maximum Gasteiger partial charge on any atom is 0.167 e. The first-order chi connectivity index (χ1) is 37.6. The largest absolute Gasteiger partial charge is 0.386 e. The number of hydrogen-bond donors (Lipinski definition) is 2. The Morgan fingerprint density at radius 3 is 1.14 bits per heavy atom. The molecule has 0 saturated carbocycles. The smallest absolute Gasteiger partial charge is 0.167 e. The molecule has 9 nitrogen and oxygen atoms in total. The van der Waals surface area contributed by atoms with E-state index < -0.39 is 41.3 Å². The van der Waals surface area contributed by atoms with Crippen LogP contribution in [0.4, 0.5) is 5.82 Å². The second kappa shape index (κ2) is 21.2. The summed E-state index contributed by atoms with van der Waals surface area (Å²) in [5.74, 6) is 0.495. The fourth-order valence-electron chi connectivity index (χ4n) is 11.2. The lowest BCUT2D eigenvalue weighted by atomic mass is 9.77. The zero-order valence-corrected chi connectivity index (χ0v) is 41.6. The number of ether oxygens (including phenoxy) is 3. The van der Waals surface area contributed by atoms with Crippen LogP contribution in [0.25, 0.3) is 11.2 Å². The van der Waals surface area contributed by atoms with E-state index in [-0.39, 0.29) is 6.61 Å². The van der Waals surface area contributed by atoms with E-state index in [4.69, 9.17) is 29.2 Å². The number of aromatic nitrogens is 4. The molecule has 1 aliphatic heterocycles. The quantitative estimate of drug-likeness (QED) is 0.0870. The van der Waals surface area contributed by atoms with Crippen LogP contribution >= 0.6 is 0 Å². The minimum Gasteiger partial charge on any atom is -0.386 e. The summed E-state index contributed by atoms with van der Waals surface area (Å²) in [4.78, 5) is 14.8. The molecule has 76 heavy (non-hydrogen) atoms. The molecule has 1 fully saturated rings. The Kier molecular flexibility index (Phi) is 13.4. The standard InChI is InChI=1S/C67H55N5O4/c73-60-61(76-67(55-40-22-7-23-41-55,56-42-24-8-25-43-56)57-44-26-9-27-45-57)58(46-74-66(52-34-16-4-17-35-52,53-36-18-5-19-37-53)54-38-20-6-21-39-54)75-64(60)72-48-70-59-62(68-47-69-63(59)72)71-65(49-28-10-1-11-29-49,50-30-12-2-13-31-50)51-32-14-3-15-33-51/h1-45,47-48,58,60-61,64,73H,46H2,(H,68,69,71)/t58-,60+,61-,64-/m1/s1. The van der Waals surface area contributed by atoms with Crippen molar-refractivity contribution in [3.63, 3.8) is 0 Å². The molecule has 2 aromatic heterocycles. The second-order valence-electron chi connectivity index (χ2n) is 19.0. The molecule has 4 atom stereocenters. The summed E-state index contributed by atoms with van der Waals surface area (Å²) < 4.78 is 24.5. The maximum atomic E-state index is 13.3. The van der Waals surface area contributed by atoms with Crippen LogP contribution in [0.3, 0.4) is 0 Å². The van der Waals surface area contributed by atoms with Gasteiger partial charge in [0.25, 0.3) is 0 Å². The molecule has 11 aromatic rings. The second-order valence-corrected chi connectivity index (χ2v) is 19.0. The van der Waals surface area contributed by atoms with Crippen LogP contribution in [0.15, 0.2) is 286 Å². The van der Waals surface area contributed by atoms with E-state index in [1.54, 1.807) is 10.9 Å². The van der Waals surface area contributed by atoms with E-state index in [2.05, 4.69) is 115 Å². The SMILES string of the molecule is O[C@H]1[C@H](OC(c2ccccc2)(c2ccccc2)c2ccccc2)[C@@H](COC(c2ccccc2)(c2ccccc2)c2ccccc2)O[C@H]1n1cnc2c(NC(c3ccccc3)(c3ccccc3)c3ccccc3)ncnc21. The van der Waals surface area contributed by atoms with Crippen LogP contribution in [-0.2, 0) is 31.0 Å². The molecular formula is C67H55N5O4. The first kappa shape index (κ1) is 48.1. The van der Waals surface area contributed by atoms with E-state index in [0.29, 0.717) is 17.0 Å². The summed E-state index contributed by atoms with van der Waals surface area (Å²) in [5.41, 5.74) is 6.17. The van der Waals surface area contributed by atoms with Gasteiger partial charge in [-0.25, -0.2) is 15.0 Å². The van der Waals surface area contributed by atoms with E-state index in [1.807, 2.05) is 164 Å². The number of hydrogen-bond acceptors (Lipinski definition) is 8. The van der Waals surface area contributed by atoms with Gasteiger partial charge in [0.15, 0.2) is 23.2 Å². The van der Waals surface area contributed by atoms with Crippen molar-refractivity contribution in [1.29, 1.82) is 0 Å². The number of aliphatic hydroxyl groups excluding tert-OH is 1. The van der Waals surface area contributed by atoms with Gasteiger partial charge in [-0.15, -0.1) is 0 Å². The summed E-state index contributed by atoms with van der Waals surface area (Å²) in [5, 5.41) is 17.2. The molecule has 0 radical (unpaired) electrons. The molecule has 2 N–H and O–H groups in total. The number of benzene rings is 9. The van der Waals surface area contributed by atoms with Gasteiger partial charge in [0.2, 0.25) is 0 Å². The van der Waals surface area contributed by atoms with Crippen molar-refractivity contribution < 1.29 is 19.3 Å². The number of nitrogens with one attached hydrogen (secondary N) is 1. The monoisotopic (exact) mass is 993 g/mol. The Bertz CT molecular complexity index is 3310. The minimum absolute atomic E-state index is 0.00642. The molecule has 0 aliphatic carbocycles. The Labute approximate surface area is 442 Å². The molecule has 0 bridgehead atoms. The fraction of sp³-hybridized carbons (Fsp3) is 0.119. The molecule has 1 saturated heterocycles. The van der Waals surface area contributed by atoms with Gasteiger partial charge in [-0.05, 0) is 50.1 Å². The normalized spacial score (nSPS) is 16.9. The van der Waals surface area contributed by atoms with E-state index in [1.165, 1.54) is 6.33 Å². The van der Waals surface area contributed by atoms with Crippen molar-refractivity contribution in [3.05, 3.63) is 336 Å². The molecule has 0 spiro atoms. The summed E-state index contributed by atoms with van der Waals surface area (Å²) in [6, 6.07) is 92.4. The highest BCUT2D eigenvalue weighted by molar-refractivity contribution is 5.84. The number of nitrogens with zero attached hydrogens (tertiary/aromatic N) is 4. The predicted molar refractivity (Wildman–Crippen MR) is 297 cm³/mol. The number of anilines is 1. The summed E-state index contributed by atoms with van der Waals surface area (Å²) in [6.07, 6.45) is -1.01. The van der Waals surface area contributed by atoms with Gasteiger partial charge >= 0.3 is 0 Å². The van der Waals surface area contributed by atoms with E-state index >= 15 is 0 Å². The third kappa shape index (κ3) is 8.65. The lowest BCUT2D eigenvalue weighted by Gasteiger charge is -2.41. The lowest BCUT2D eigenvalue weighted by molar-refractivity contribution is -0.131. The first-order valence-electron chi connectivity index (χ1n) is 25.7. The Balaban J connectivity index is 1.01. The van der Waals surface area contributed by atoms with Crippen LogP contribution in [-0.4, -0.2) is 49.5 Å². The molecule has 1 aliphatic rings. The molecule has 372 valence electrons. The molecule has 9 heteroatoms.